The van der Waals surface area contributed by atoms with Gasteiger partial charge < -0.3 is 15.1 Å². The highest BCUT2D eigenvalue weighted by Gasteiger charge is 2.14. The van der Waals surface area contributed by atoms with Gasteiger partial charge >= 0.3 is 0 Å². The smallest absolute Gasteiger partial charge is 0.292 e. The maximum atomic E-state index is 12.4. The van der Waals surface area contributed by atoms with Crippen LogP contribution in [0.5, 0.6) is 0 Å². The minimum absolute atomic E-state index is 0.0922. The number of carbonyl (C=O) groups excluding carboxylic acids is 2. The van der Waals surface area contributed by atoms with E-state index in [-0.39, 0.29) is 17.6 Å². The predicted molar refractivity (Wildman–Crippen MR) is 104 cm³/mol. The Labute approximate surface area is 158 Å². The first kappa shape index (κ1) is 17.0. The van der Waals surface area contributed by atoms with E-state index in [0.717, 1.165) is 10.9 Å². The van der Waals surface area contributed by atoms with E-state index in [2.05, 4.69) is 15.7 Å². The fraction of sp³-hybridized carbons (Fsp3) is 0.105. The third kappa shape index (κ3) is 3.75. The average molecular weight is 380 g/mol. The molecule has 2 N–H and O–H groups in total. The molecule has 0 saturated carbocycles. The number of thiophene rings is 1. The van der Waals surface area contributed by atoms with Gasteiger partial charge in [0, 0.05) is 24.2 Å². The number of hydrogen-bond acceptors (Lipinski definition) is 5. The summed E-state index contributed by atoms with van der Waals surface area (Å²) in [5.41, 5.74) is 2.21. The maximum absolute atomic E-state index is 12.4. The average Bonchev–Trinajstić information content (AvgIpc) is 3.36. The minimum atomic E-state index is -0.363. The molecule has 27 heavy (non-hydrogen) atoms. The van der Waals surface area contributed by atoms with Crippen LogP contribution in [0.25, 0.3) is 11.0 Å². The van der Waals surface area contributed by atoms with Crippen LogP contribution in [0.3, 0.4) is 0 Å². The summed E-state index contributed by atoms with van der Waals surface area (Å²) in [4.78, 5) is 24.5. The molecule has 2 amide bonds. The Morgan fingerprint density at radius 1 is 1.19 bits per heavy atom. The molecule has 4 rings (SSSR count). The molecule has 0 bridgehead atoms. The minimum Gasteiger partial charge on any atom is -0.451 e. The highest BCUT2D eigenvalue weighted by atomic mass is 32.1. The number of furan rings is 1. The van der Waals surface area contributed by atoms with E-state index in [4.69, 9.17) is 4.42 Å². The molecule has 0 aliphatic heterocycles. The number of aromatic nitrogens is 2. The van der Waals surface area contributed by atoms with E-state index in [0.29, 0.717) is 23.5 Å². The van der Waals surface area contributed by atoms with Gasteiger partial charge in [0.25, 0.3) is 5.91 Å². The van der Waals surface area contributed by atoms with Gasteiger partial charge in [-0.15, -0.1) is 0 Å². The van der Waals surface area contributed by atoms with Crippen LogP contribution in [0.4, 0.5) is 11.5 Å². The first-order valence-electron chi connectivity index (χ1n) is 8.22. The Balaban J connectivity index is 1.49. The van der Waals surface area contributed by atoms with Crippen molar-refractivity contribution in [3.63, 3.8) is 0 Å². The lowest BCUT2D eigenvalue weighted by Gasteiger charge is -2.04. The van der Waals surface area contributed by atoms with E-state index in [9.17, 15) is 9.59 Å². The van der Waals surface area contributed by atoms with Crippen LogP contribution >= 0.6 is 11.3 Å². The van der Waals surface area contributed by atoms with Crippen molar-refractivity contribution in [3.05, 3.63) is 64.7 Å². The van der Waals surface area contributed by atoms with Gasteiger partial charge in [-0.1, -0.05) is 0 Å². The van der Waals surface area contributed by atoms with Crippen molar-refractivity contribution < 1.29 is 14.0 Å². The van der Waals surface area contributed by atoms with Gasteiger partial charge in [-0.25, -0.2) is 0 Å². The topological polar surface area (TPSA) is 89.2 Å². The van der Waals surface area contributed by atoms with Crippen molar-refractivity contribution >= 4 is 45.6 Å². The summed E-state index contributed by atoms with van der Waals surface area (Å²) in [6.07, 6.45) is 1.92. The number of aryl methyl sites for hydroxylation is 1. The van der Waals surface area contributed by atoms with Crippen LogP contribution < -0.4 is 10.6 Å². The largest absolute Gasteiger partial charge is 0.451 e. The van der Waals surface area contributed by atoms with E-state index in [1.807, 2.05) is 16.8 Å². The molecule has 0 aliphatic carbocycles. The number of fused-ring (bicyclic) bond motifs is 1. The molecular weight excluding hydrogens is 364 g/mol. The zero-order chi connectivity index (χ0) is 18.8. The molecule has 3 heterocycles. The fourth-order valence-corrected chi connectivity index (χ4v) is 3.36. The molecule has 4 aromatic rings. The van der Waals surface area contributed by atoms with Crippen molar-refractivity contribution in [3.8, 4) is 0 Å². The normalized spacial score (nSPS) is 10.9. The highest BCUT2D eigenvalue weighted by molar-refractivity contribution is 7.08. The first-order chi connectivity index (χ1) is 13.1. The van der Waals surface area contributed by atoms with Crippen LogP contribution in [0, 0.1) is 0 Å². The molecule has 0 unspecified atom stereocenters. The second-order valence-electron chi connectivity index (χ2n) is 6.01. The lowest BCUT2D eigenvalue weighted by molar-refractivity contribution is -0.115. The molecule has 136 valence electrons. The zero-order valence-corrected chi connectivity index (χ0v) is 15.2. The molecule has 0 aliphatic rings. The summed E-state index contributed by atoms with van der Waals surface area (Å²) in [6.45, 7) is 0. The Morgan fingerprint density at radius 3 is 2.81 bits per heavy atom. The number of nitrogens with zero attached hydrogens (tertiary/aromatic N) is 2. The van der Waals surface area contributed by atoms with Gasteiger partial charge in [-0.2, -0.15) is 16.4 Å². The number of anilines is 2. The first-order valence-corrected chi connectivity index (χ1v) is 9.16. The Bertz CT molecular complexity index is 1110. The van der Waals surface area contributed by atoms with Gasteiger partial charge in [0.05, 0.1) is 12.6 Å². The lowest BCUT2D eigenvalue weighted by atomic mass is 10.2. The van der Waals surface area contributed by atoms with Crippen LogP contribution in [-0.2, 0) is 18.3 Å². The summed E-state index contributed by atoms with van der Waals surface area (Å²) in [6, 6.07) is 10.5. The Morgan fingerprint density at radius 2 is 2.07 bits per heavy atom. The summed E-state index contributed by atoms with van der Waals surface area (Å²) < 4.78 is 7.17. The molecule has 8 heteroatoms. The van der Waals surface area contributed by atoms with Crippen LogP contribution in [-0.4, -0.2) is 21.6 Å². The second kappa shape index (κ2) is 7.08. The number of amides is 2. The number of benzene rings is 1. The molecule has 0 fully saturated rings. The standard InChI is InChI=1S/C19H16N4O3S/c1-23-17(4-6-20-23)22-19(25)16-10-13-9-14(2-3-15(13)26-16)21-18(24)8-12-5-7-27-11-12/h2-7,9-11H,8H2,1H3,(H,21,24)(H,22,25). The summed E-state index contributed by atoms with van der Waals surface area (Å²) in [5, 5.41) is 14.2. The van der Waals surface area contributed by atoms with Crippen molar-refractivity contribution in [2.24, 2.45) is 7.05 Å². The number of carbonyl (C=O) groups is 2. The molecule has 1 aromatic carbocycles. The van der Waals surface area contributed by atoms with Crippen LogP contribution in [0.1, 0.15) is 16.1 Å². The van der Waals surface area contributed by atoms with Gasteiger partial charge in [-0.05, 0) is 46.7 Å². The Hall–Kier alpha value is -3.39. The van der Waals surface area contributed by atoms with Crippen LogP contribution in [0.15, 0.2) is 57.8 Å². The fourth-order valence-electron chi connectivity index (χ4n) is 2.69. The van der Waals surface area contributed by atoms with E-state index in [1.54, 1.807) is 59.6 Å². The highest BCUT2D eigenvalue weighted by Crippen LogP contribution is 2.24. The molecule has 0 atom stereocenters. The van der Waals surface area contributed by atoms with Crippen molar-refractivity contribution in [1.82, 2.24) is 9.78 Å². The van der Waals surface area contributed by atoms with E-state index < -0.39 is 0 Å². The third-order valence-corrected chi connectivity index (χ3v) is 4.76. The summed E-state index contributed by atoms with van der Waals surface area (Å²) >= 11 is 1.56. The summed E-state index contributed by atoms with van der Waals surface area (Å²) in [7, 11) is 1.74. The number of rotatable bonds is 5. The Kier molecular flexibility index (Phi) is 4.47. The van der Waals surface area contributed by atoms with Gasteiger partial charge in [0.15, 0.2) is 5.76 Å². The molecular formula is C19H16N4O3S. The molecule has 3 aromatic heterocycles. The van der Waals surface area contributed by atoms with Crippen molar-refractivity contribution in [2.45, 2.75) is 6.42 Å². The van der Waals surface area contributed by atoms with Gasteiger partial charge in [0.1, 0.15) is 11.4 Å². The monoisotopic (exact) mass is 380 g/mol. The molecule has 7 nitrogen and oxygen atoms in total. The van der Waals surface area contributed by atoms with E-state index in [1.165, 1.54) is 0 Å². The SMILES string of the molecule is Cn1nccc1NC(=O)c1cc2cc(NC(=O)Cc3ccsc3)ccc2o1. The molecule has 0 radical (unpaired) electrons. The van der Waals surface area contributed by atoms with Gasteiger partial charge in [0.2, 0.25) is 5.91 Å². The van der Waals surface area contributed by atoms with Crippen molar-refractivity contribution in [2.75, 3.05) is 10.6 Å². The third-order valence-electron chi connectivity index (χ3n) is 4.03. The predicted octanol–water partition coefficient (Wildman–Crippen LogP) is 3.66. The van der Waals surface area contributed by atoms with Crippen molar-refractivity contribution in [1.29, 1.82) is 0 Å². The van der Waals surface area contributed by atoms with Crippen LogP contribution in [0.2, 0.25) is 0 Å². The van der Waals surface area contributed by atoms with E-state index >= 15 is 0 Å². The number of hydrogen-bond donors (Lipinski definition) is 2. The second-order valence-corrected chi connectivity index (χ2v) is 6.79. The quantitative estimate of drug-likeness (QED) is 0.553. The number of nitrogens with one attached hydrogen (secondary N) is 2. The molecule has 0 saturated heterocycles. The summed E-state index contributed by atoms with van der Waals surface area (Å²) in [5.74, 6) is 0.304. The lowest BCUT2D eigenvalue weighted by Crippen LogP contribution is -2.13. The maximum Gasteiger partial charge on any atom is 0.292 e. The van der Waals surface area contributed by atoms with Gasteiger partial charge in [-0.3, -0.25) is 14.3 Å². The molecule has 0 spiro atoms. The zero-order valence-electron chi connectivity index (χ0n) is 14.4.